The molecule has 2 N–H and O–H groups in total. The maximum atomic E-state index is 5.80. The second kappa shape index (κ2) is 4.88. The highest BCUT2D eigenvalue weighted by Crippen LogP contribution is 2.33. The van der Waals surface area contributed by atoms with Crippen LogP contribution in [-0.4, -0.2) is 14.5 Å². The monoisotopic (exact) mass is 280 g/mol. The highest BCUT2D eigenvalue weighted by molar-refractivity contribution is 5.71. The fourth-order valence-electron chi connectivity index (χ4n) is 2.76. The van der Waals surface area contributed by atoms with Gasteiger partial charge in [0, 0.05) is 23.8 Å². The highest BCUT2D eigenvalue weighted by atomic mass is 15.1. The van der Waals surface area contributed by atoms with Gasteiger partial charge in [0.2, 0.25) is 0 Å². The lowest BCUT2D eigenvalue weighted by atomic mass is 9.83. The second-order valence-electron chi connectivity index (χ2n) is 5.77. The summed E-state index contributed by atoms with van der Waals surface area (Å²) in [4.78, 5) is 9.30. The SMILES string of the molecule is CCn1c(C(C)(C)c2ccc(N)cc2)nc2cccnc21. The largest absolute Gasteiger partial charge is 0.399 e. The number of rotatable bonds is 3. The third kappa shape index (κ3) is 2.17. The van der Waals surface area contributed by atoms with E-state index in [1.54, 1.807) is 0 Å². The first kappa shape index (κ1) is 13.6. The molecule has 0 fully saturated rings. The summed E-state index contributed by atoms with van der Waals surface area (Å²) in [6.07, 6.45) is 1.82. The normalized spacial score (nSPS) is 12.0. The van der Waals surface area contributed by atoms with Gasteiger partial charge in [0.25, 0.3) is 0 Å². The van der Waals surface area contributed by atoms with Crippen molar-refractivity contribution in [1.82, 2.24) is 14.5 Å². The topological polar surface area (TPSA) is 56.7 Å². The number of imidazole rings is 1. The van der Waals surface area contributed by atoms with E-state index in [4.69, 9.17) is 10.7 Å². The molecule has 0 atom stereocenters. The molecule has 4 nitrogen and oxygen atoms in total. The molecule has 3 rings (SSSR count). The lowest BCUT2D eigenvalue weighted by Crippen LogP contribution is -2.24. The summed E-state index contributed by atoms with van der Waals surface area (Å²) < 4.78 is 2.19. The first-order valence-electron chi connectivity index (χ1n) is 7.21. The van der Waals surface area contributed by atoms with Crippen LogP contribution < -0.4 is 5.73 Å². The lowest BCUT2D eigenvalue weighted by Gasteiger charge is -2.25. The Kier molecular flexibility index (Phi) is 3.16. The van der Waals surface area contributed by atoms with Crippen LogP contribution in [-0.2, 0) is 12.0 Å². The van der Waals surface area contributed by atoms with Crippen molar-refractivity contribution < 1.29 is 0 Å². The summed E-state index contributed by atoms with van der Waals surface area (Å²) in [5.41, 5.74) is 9.45. The van der Waals surface area contributed by atoms with Crippen LogP contribution in [0.15, 0.2) is 42.6 Å². The number of hydrogen-bond acceptors (Lipinski definition) is 3. The molecule has 0 aliphatic rings. The number of nitrogen functional groups attached to an aromatic ring is 1. The van der Waals surface area contributed by atoms with Crippen LogP contribution in [0.25, 0.3) is 11.2 Å². The Bertz CT molecular complexity index is 769. The first-order chi connectivity index (χ1) is 10.0. The highest BCUT2D eigenvalue weighted by Gasteiger charge is 2.29. The summed E-state index contributed by atoms with van der Waals surface area (Å²) in [6, 6.07) is 12.0. The van der Waals surface area contributed by atoms with E-state index >= 15 is 0 Å². The van der Waals surface area contributed by atoms with Gasteiger partial charge < -0.3 is 10.3 Å². The Morgan fingerprint density at radius 1 is 1.14 bits per heavy atom. The molecule has 0 radical (unpaired) electrons. The third-order valence-electron chi connectivity index (χ3n) is 4.01. The van der Waals surface area contributed by atoms with Gasteiger partial charge in [-0.1, -0.05) is 12.1 Å². The van der Waals surface area contributed by atoms with Gasteiger partial charge in [0.1, 0.15) is 11.3 Å². The Labute approximate surface area is 124 Å². The average Bonchev–Trinajstić information content (AvgIpc) is 2.87. The molecule has 0 aliphatic heterocycles. The fraction of sp³-hybridized carbons (Fsp3) is 0.294. The van der Waals surface area contributed by atoms with Gasteiger partial charge in [0.15, 0.2) is 5.65 Å². The first-order valence-corrected chi connectivity index (χ1v) is 7.21. The van der Waals surface area contributed by atoms with Crippen LogP contribution >= 0.6 is 0 Å². The van der Waals surface area contributed by atoms with Gasteiger partial charge in [0.05, 0.1) is 0 Å². The van der Waals surface area contributed by atoms with Gasteiger partial charge in [-0.2, -0.15) is 0 Å². The van der Waals surface area contributed by atoms with E-state index in [1.807, 2.05) is 30.5 Å². The van der Waals surface area contributed by atoms with Gasteiger partial charge in [-0.3, -0.25) is 0 Å². The molecule has 0 bridgehead atoms. The summed E-state index contributed by atoms with van der Waals surface area (Å²) >= 11 is 0. The van der Waals surface area contributed by atoms with Gasteiger partial charge in [-0.25, -0.2) is 9.97 Å². The van der Waals surface area contributed by atoms with Crippen LogP contribution in [0.2, 0.25) is 0 Å². The molecule has 0 saturated carbocycles. The smallest absolute Gasteiger partial charge is 0.159 e. The minimum atomic E-state index is -0.204. The van der Waals surface area contributed by atoms with Crippen molar-refractivity contribution in [2.45, 2.75) is 32.7 Å². The van der Waals surface area contributed by atoms with Crippen LogP contribution in [0.5, 0.6) is 0 Å². The Hall–Kier alpha value is -2.36. The number of aromatic nitrogens is 3. The molecule has 21 heavy (non-hydrogen) atoms. The van der Waals surface area contributed by atoms with Gasteiger partial charge in [-0.05, 0) is 50.6 Å². The Morgan fingerprint density at radius 2 is 1.86 bits per heavy atom. The molecule has 2 heterocycles. The van der Waals surface area contributed by atoms with Gasteiger partial charge >= 0.3 is 0 Å². The fourth-order valence-corrected chi connectivity index (χ4v) is 2.76. The number of fused-ring (bicyclic) bond motifs is 1. The average molecular weight is 280 g/mol. The molecular formula is C17H20N4. The zero-order valence-electron chi connectivity index (χ0n) is 12.7. The van der Waals surface area contributed by atoms with E-state index in [-0.39, 0.29) is 5.41 Å². The molecular weight excluding hydrogens is 260 g/mol. The maximum absolute atomic E-state index is 5.80. The van der Waals surface area contributed by atoms with Crippen molar-refractivity contribution in [2.24, 2.45) is 0 Å². The number of benzene rings is 1. The zero-order chi connectivity index (χ0) is 15.0. The summed E-state index contributed by atoms with van der Waals surface area (Å²) in [5, 5.41) is 0. The van der Waals surface area contributed by atoms with Crippen LogP contribution in [0.4, 0.5) is 5.69 Å². The van der Waals surface area contributed by atoms with E-state index < -0.39 is 0 Å². The van der Waals surface area contributed by atoms with Crippen molar-refractivity contribution in [3.8, 4) is 0 Å². The standard InChI is InChI=1S/C17H20N4/c1-4-21-15-14(6-5-11-19-15)20-16(21)17(2,3)12-7-9-13(18)10-8-12/h5-11H,4,18H2,1-3H3. The third-order valence-corrected chi connectivity index (χ3v) is 4.01. The van der Waals surface area contributed by atoms with E-state index in [1.165, 1.54) is 5.56 Å². The molecule has 0 aliphatic carbocycles. The maximum Gasteiger partial charge on any atom is 0.159 e. The molecule has 0 spiro atoms. The van der Waals surface area contributed by atoms with Crippen molar-refractivity contribution in [1.29, 1.82) is 0 Å². The number of pyridine rings is 1. The minimum Gasteiger partial charge on any atom is -0.399 e. The number of anilines is 1. The van der Waals surface area contributed by atoms with Crippen LogP contribution in [0.3, 0.4) is 0 Å². The molecule has 4 heteroatoms. The molecule has 2 aromatic heterocycles. The van der Waals surface area contributed by atoms with Crippen LogP contribution in [0, 0.1) is 0 Å². The molecule has 0 saturated heterocycles. The van der Waals surface area contributed by atoms with Crippen LogP contribution in [0.1, 0.15) is 32.2 Å². The predicted octanol–water partition coefficient (Wildman–Crippen LogP) is 3.36. The number of nitrogens with two attached hydrogens (primary N) is 1. The van der Waals surface area contributed by atoms with E-state index in [9.17, 15) is 0 Å². The van der Waals surface area contributed by atoms with Gasteiger partial charge in [-0.15, -0.1) is 0 Å². The van der Waals surface area contributed by atoms with E-state index in [0.717, 1.165) is 29.2 Å². The summed E-state index contributed by atoms with van der Waals surface area (Å²) in [5.74, 6) is 1.03. The predicted molar refractivity (Wildman–Crippen MR) is 86.2 cm³/mol. The minimum absolute atomic E-state index is 0.204. The molecule has 1 aromatic carbocycles. The molecule has 0 amide bonds. The number of aryl methyl sites for hydroxylation is 1. The Morgan fingerprint density at radius 3 is 2.52 bits per heavy atom. The number of nitrogens with zero attached hydrogens (tertiary/aromatic N) is 3. The molecule has 108 valence electrons. The van der Waals surface area contributed by atoms with E-state index in [0.29, 0.717) is 0 Å². The lowest BCUT2D eigenvalue weighted by molar-refractivity contribution is 0.546. The number of hydrogen-bond donors (Lipinski definition) is 1. The molecule has 0 unspecified atom stereocenters. The summed E-state index contributed by atoms with van der Waals surface area (Å²) in [7, 11) is 0. The van der Waals surface area contributed by atoms with Crippen molar-refractivity contribution in [3.63, 3.8) is 0 Å². The quantitative estimate of drug-likeness (QED) is 0.748. The van der Waals surface area contributed by atoms with Crippen molar-refractivity contribution in [3.05, 3.63) is 54.0 Å². The molecule has 3 aromatic rings. The summed E-state index contributed by atoms with van der Waals surface area (Å²) in [6.45, 7) is 7.34. The van der Waals surface area contributed by atoms with Crippen molar-refractivity contribution in [2.75, 3.05) is 5.73 Å². The zero-order valence-corrected chi connectivity index (χ0v) is 12.7. The Balaban J connectivity index is 2.20. The van der Waals surface area contributed by atoms with Crippen molar-refractivity contribution >= 4 is 16.9 Å². The second-order valence-corrected chi connectivity index (χ2v) is 5.77. The van der Waals surface area contributed by atoms with E-state index in [2.05, 4.69) is 42.5 Å².